The molecule has 0 saturated carbocycles. The number of anilines is 1. The second-order valence-electron chi connectivity index (χ2n) is 8.12. The van der Waals surface area contributed by atoms with Crippen molar-refractivity contribution in [3.05, 3.63) is 59.0 Å². The number of rotatable bonds is 6. The van der Waals surface area contributed by atoms with Gasteiger partial charge in [-0.1, -0.05) is 25.1 Å². The molecule has 0 N–H and O–H groups in total. The van der Waals surface area contributed by atoms with Crippen molar-refractivity contribution in [2.24, 2.45) is 5.41 Å². The number of aryl methyl sites for hydroxylation is 3. The van der Waals surface area contributed by atoms with Gasteiger partial charge < -0.3 is 9.80 Å². The Kier molecular flexibility index (Phi) is 4.70. The van der Waals surface area contributed by atoms with Gasteiger partial charge in [0.2, 0.25) is 0 Å². The molecule has 1 spiro atoms. The van der Waals surface area contributed by atoms with Crippen molar-refractivity contribution in [2.45, 2.75) is 33.1 Å². The molecule has 3 nitrogen and oxygen atoms in total. The highest BCUT2D eigenvalue weighted by Gasteiger charge is 2.51. The van der Waals surface area contributed by atoms with Gasteiger partial charge in [0.1, 0.15) is 11.6 Å². The van der Waals surface area contributed by atoms with Crippen LogP contribution in [0.3, 0.4) is 0 Å². The third-order valence-corrected chi connectivity index (χ3v) is 5.95. The molecule has 2 saturated heterocycles. The van der Waals surface area contributed by atoms with Crippen LogP contribution >= 0.6 is 0 Å². The van der Waals surface area contributed by atoms with E-state index in [0.717, 1.165) is 25.3 Å². The highest BCUT2D eigenvalue weighted by atomic mass is 19.1. The van der Waals surface area contributed by atoms with Gasteiger partial charge in [0.05, 0.1) is 6.20 Å². The lowest BCUT2D eigenvalue weighted by Crippen LogP contribution is -2.72. The Morgan fingerprint density at radius 3 is 2.62 bits per heavy atom. The number of aromatic nitrogens is 1. The number of likely N-dealkylation sites (tertiary alicyclic amines) is 1. The molecule has 2 fully saturated rings. The zero-order valence-corrected chi connectivity index (χ0v) is 15.8. The molecule has 2 aliphatic heterocycles. The average molecular weight is 353 g/mol. The summed E-state index contributed by atoms with van der Waals surface area (Å²) >= 11 is 0. The number of hydrogen-bond donors (Lipinski definition) is 0. The first-order chi connectivity index (χ1) is 12.6. The number of hydrogen-bond acceptors (Lipinski definition) is 3. The van der Waals surface area contributed by atoms with E-state index in [9.17, 15) is 4.39 Å². The van der Waals surface area contributed by atoms with E-state index in [0.29, 0.717) is 5.41 Å². The van der Waals surface area contributed by atoms with Crippen LogP contribution in [0.15, 0.2) is 36.5 Å². The molecular weight excluding hydrogens is 325 g/mol. The van der Waals surface area contributed by atoms with Crippen LogP contribution in [-0.2, 0) is 12.8 Å². The summed E-state index contributed by atoms with van der Waals surface area (Å²) in [6.07, 6.45) is 4.83. The molecule has 1 aromatic heterocycles. The van der Waals surface area contributed by atoms with Gasteiger partial charge in [0.15, 0.2) is 0 Å². The second kappa shape index (κ2) is 6.99. The van der Waals surface area contributed by atoms with Gasteiger partial charge in [-0.15, -0.1) is 0 Å². The topological polar surface area (TPSA) is 19.4 Å². The van der Waals surface area contributed by atoms with Crippen molar-refractivity contribution < 1.29 is 4.39 Å². The molecule has 138 valence electrons. The van der Waals surface area contributed by atoms with E-state index in [1.54, 1.807) is 6.07 Å². The van der Waals surface area contributed by atoms with Gasteiger partial charge in [-0.05, 0) is 61.6 Å². The maximum Gasteiger partial charge on any atom is 0.141 e. The van der Waals surface area contributed by atoms with Crippen molar-refractivity contribution in [1.29, 1.82) is 0 Å². The molecule has 0 unspecified atom stereocenters. The van der Waals surface area contributed by atoms with Crippen LogP contribution in [0.5, 0.6) is 0 Å². The fraction of sp³-hybridized carbons (Fsp3) is 0.500. The molecule has 2 aliphatic rings. The van der Waals surface area contributed by atoms with Crippen molar-refractivity contribution in [3.63, 3.8) is 0 Å². The highest BCUT2D eigenvalue weighted by Crippen LogP contribution is 2.41. The smallest absolute Gasteiger partial charge is 0.141 e. The number of halogens is 1. The molecule has 0 bridgehead atoms. The Bertz CT molecular complexity index is 757. The number of pyridine rings is 1. The van der Waals surface area contributed by atoms with Gasteiger partial charge in [-0.2, -0.15) is 0 Å². The van der Waals surface area contributed by atoms with Crippen LogP contribution in [0.4, 0.5) is 10.2 Å². The van der Waals surface area contributed by atoms with Crippen LogP contribution in [0.2, 0.25) is 0 Å². The lowest BCUT2D eigenvalue weighted by molar-refractivity contribution is -0.0222. The fourth-order valence-electron chi connectivity index (χ4n) is 4.45. The van der Waals surface area contributed by atoms with Crippen LogP contribution in [0, 0.1) is 18.2 Å². The molecule has 0 amide bonds. The molecule has 3 heterocycles. The molecule has 26 heavy (non-hydrogen) atoms. The van der Waals surface area contributed by atoms with Crippen LogP contribution in [-0.4, -0.2) is 42.6 Å². The monoisotopic (exact) mass is 353 g/mol. The molecule has 4 rings (SSSR count). The van der Waals surface area contributed by atoms with Crippen molar-refractivity contribution in [3.8, 4) is 0 Å². The molecule has 2 aromatic rings. The van der Waals surface area contributed by atoms with E-state index in [2.05, 4.69) is 46.8 Å². The summed E-state index contributed by atoms with van der Waals surface area (Å²) in [7, 11) is 0. The quantitative estimate of drug-likeness (QED) is 0.786. The standard InChI is InChI=1S/C22H28FN3/c1-3-18-7-6-17(2)19(11-18)5-4-10-25-13-22(14-25)15-26(16-22)21-9-8-20(23)12-24-21/h6-9,11-12H,3-5,10,13-16H2,1-2H3. The predicted molar refractivity (Wildman–Crippen MR) is 104 cm³/mol. The van der Waals surface area contributed by atoms with Gasteiger partial charge in [0.25, 0.3) is 0 Å². The van der Waals surface area contributed by atoms with Gasteiger partial charge in [-0.25, -0.2) is 9.37 Å². The summed E-state index contributed by atoms with van der Waals surface area (Å²) in [5.41, 5.74) is 4.83. The summed E-state index contributed by atoms with van der Waals surface area (Å²) in [4.78, 5) is 9.02. The Labute approximate surface area is 155 Å². The first-order valence-electron chi connectivity index (χ1n) is 9.74. The summed E-state index contributed by atoms with van der Waals surface area (Å²) in [5, 5.41) is 0. The zero-order valence-electron chi connectivity index (χ0n) is 15.8. The van der Waals surface area contributed by atoms with Gasteiger partial charge in [0, 0.05) is 31.6 Å². The summed E-state index contributed by atoms with van der Waals surface area (Å²) in [6, 6.07) is 10.2. The molecular formula is C22H28FN3. The molecule has 4 heteroatoms. The summed E-state index contributed by atoms with van der Waals surface area (Å²) in [5.74, 6) is 0.639. The maximum absolute atomic E-state index is 13.0. The Hall–Kier alpha value is -1.94. The first-order valence-corrected chi connectivity index (χ1v) is 9.74. The lowest BCUT2D eigenvalue weighted by Gasteiger charge is -2.60. The number of benzene rings is 1. The van der Waals surface area contributed by atoms with Crippen molar-refractivity contribution in [2.75, 3.05) is 37.6 Å². The third kappa shape index (κ3) is 3.48. The molecule has 0 radical (unpaired) electrons. The normalized spacial score (nSPS) is 18.7. The van der Waals surface area contributed by atoms with E-state index in [1.807, 2.05) is 0 Å². The molecule has 0 atom stereocenters. The van der Waals surface area contributed by atoms with Crippen LogP contribution in [0.25, 0.3) is 0 Å². The van der Waals surface area contributed by atoms with Gasteiger partial charge in [-0.3, -0.25) is 0 Å². The molecule has 0 aliphatic carbocycles. The van der Waals surface area contributed by atoms with E-state index in [1.165, 1.54) is 61.4 Å². The zero-order chi connectivity index (χ0) is 18.1. The minimum Gasteiger partial charge on any atom is -0.355 e. The highest BCUT2D eigenvalue weighted by molar-refractivity contribution is 5.44. The fourth-order valence-corrected chi connectivity index (χ4v) is 4.45. The maximum atomic E-state index is 13.0. The predicted octanol–water partition coefficient (Wildman–Crippen LogP) is 3.85. The second-order valence-corrected chi connectivity index (χ2v) is 8.12. The summed E-state index contributed by atoms with van der Waals surface area (Å²) < 4.78 is 13.0. The van der Waals surface area contributed by atoms with E-state index < -0.39 is 0 Å². The molecule has 1 aromatic carbocycles. The largest absolute Gasteiger partial charge is 0.355 e. The van der Waals surface area contributed by atoms with Crippen molar-refractivity contribution >= 4 is 5.82 Å². The van der Waals surface area contributed by atoms with Crippen LogP contribution in [0.1, 0.15) is 30.0 Å². The van der Waals surface area contributed by atoms with E-state index >= 15 is 0 Å². The lowest BCUT2D eigenvalue weighted by atomic mass is 9.72. The van der Waals surface area contributed by atoms with Crippen LogP contribution < -0.4 is 4.90 Å². The van der Waals surface area contributed by atoms with Crippen molar-refractivity contribution in [1.82, 2.24) is 9.88 Å². The number of nitrogens with zero attached hydrogens (tertiary/aromatic N) is 3. The van der Waals surface area contributed by atoms with Gasteiger partial charge >= 0.3 is 0 Å². The van der Waals surface area contributed by atoms with E-state index in [4.69, 9.17) is 0 Å². The minimum absolute atomic E-state index is 0.265. The Morgan fingerprint density at radius 1 is 1.12 bits per heavy atom. The average Bonchev–Trinajstić information content (AvgIpc) is 2.58. The minimum atomic E-state index is -0.265. The third-order valence-electron chi connectivity index (χ3n) is 5.95. The first kappa shape index (κ1) is 17.5. The Morgan fingerprint density at radius 2 is 1.92 bits per heavy atom. The SMILES string of the molecule is CCc1ccc(C)c(CCCN2CC3(C2)CN(c2ccc(F)cn2)C3)c1. The Balaban J connectivity index is 1.20. The summed E-state index contributed by atoms with van der Waals surface area (Å²) in [6.45, 7) is 10.1. The van der Waals surface area contributed by atoms with E-state index in [-0.39, 0.29) is 5.82 Å².